The van der Waals surface area contributed by atoms with Gasteiger partial charge in [-0.25, -0.2) is 9.98 Å². The number of hydrogen-bond acceptors (Lipinski definition) is 7. The highest BCUT2D eigenvalue weighted by Gasteiger charge is 2.35. The predicted molar refractivity (Wildman–Crippen MR) is 116 cm³/mol. The van der Waals surface area contributed by atoms with Crippen LogP contribution in [0.2, 0.25) is 0 Å². The van der Waals surface area contributed by atoms with E-state index in [-0.39, 0.29) is 6.10 Å². The van der Waals surface area contributed by atoms with E-state index in [9.17, 15) is 9.46 Å². The maximum absolute atomic E-state index is 11.5. The molecule has 8 nitrogen and oxygen atoms in total. The lowest BCUT2D eigenvalue weighted by Crippen LogP contribution is -2.41. The molecule has 9 heteroatoms. The maximum Gasteiger partial charge on any atom is 0.325 e. The quantitative estimate of drug-likeness (QED) is 0.697. The summed E-state index contributed by atoms with van der Waals surface area (Å²) in [7, 11) is -3.43. The van der Waals surface area contributed by atoms with Crippen LogP contribution >= 0.6 is 7.60 Å². The van der Waals surface area contributed by atoms with E-state index in [0.29, 0.717) is 23.3 Å². The Kier molecular flexibility index (Phi) is 5.43. The van der Waals surface area contributed by atoms with E-state index in [0.717, 1.165) is 37.0 Å². The summed E-state index contributed by atoms with van der Waals surface area (Å²) in [5.41, 5.74) is 8.76. The normalized spacial score (nSPS) is 24.9. The Bertz CT molecular complexity index is 1010. The van der Waals surface area contributed by atoms with Gasteiger partial charge in [0.2, 0.25) is 5.88 Å². The number of rotatable bonds is 4. The zero-order chi connectivity index (χ0) is 21.5. The molecule has 3 N–H and O–H groups in total. The fourth-order valence-electron chi connectivity index (χ4n) is 4.20. The molecule has 0 saturated heterocycles. The van der Waals surface area contributed by atoms with Crippen LogP contribution in [-0.2, 0) is 9.09 Å². The van der Waals surface area contributed by atoms with E-state index in [1.54, 1.807) is 0 Å². The van der Waals surface area contributed by atoms with Crippen LogP contribution < -0.4 is 10.5 Å². The van der Waals surface area contributed by atoms with Crippen molar-refractivity contribution in [3.63, 3.8) is 0 Å². The topological polar surface area (TPSA) is 120 Å². The first kappa shape index (κ1) is 21.0. The van der Waals surface area contributed by atoms with Gasteiger partial charge in [-0.2, -0.15) is 4.98 Å². The van der Waals surface area contributed by atoms with Gasteiger partial charge in [-0.3, -0.25) is 4.57 Å². The van der Waals surface area contributed by atoms with Crippen molar-refractivity contribution in [3.05, 3.63) is 41.7 Å². The van der Waals surface area contributed by atoms with Crippen molar-refractivity contribution in [1.82, 2.24) is 9.97 Å². The summed E-state index contributed by atoms with van der Waals surface area (Å²) < 4.78 is 22.8. The number of nitrogens with zero attached hydrogens (tertiary/aromatic N) is 3. The third-order valence-electron chi connectivity index (χ3n) is 5.64. The summed E-state index contributed by atoms with van der Waals surface area (Å²) in [6, 6.07) is 8.36. The fourth-order valence-corrected chi connectivity index (χ4v) is 4.96. The summed E-state index contributed by atoms with van der Waals surface area (Å²) in [5.74, 6) is 1.10. The van der Waals surface area contributed by atoms with Gasteiger partial charge >= 0.3 is 7.60 Å². The number of nitrogen functional groups attached to an aromatic ring is 1. The summed E-state index contributed by atoms with van der Waals surface area (Å²) in [5, 5.41) is 0. The molecule has 0 spiro atoms. The molecule has 2 aromatic rings. The number of fused-ring (bicyclic) bond motifs is 1. The van der Waals surface area contributed by atoms with Gasteiger partial charge < -0.3 is 19.9 Å². The van der Waals surface area contributed by atoms with E-state index < -0.39 is 13.2 Å². The third kappa shape index (κ3) is 4.41. The molecule has 1 saturated carbocycles. The van der Waals surface area contributed by atoms with Crippen LogP contribution in [0, 0.1) is 0 Å². The minimum absolute atomic E-state index is 0.136. The first-order valence-corrected chi connectivity index (χ1v) is 12.1. The minimum Gasteiger partial charge on any atom is -0.463 e. The van der Waals surface area contributed by atoms with E-state index in [1.807, 2.05) is 13.8 Å². The number of anilines is 1. The van der Waals surface area contributed by atoms with Gasteiger partial charge in [-0.1, -0.05) is 24.3 Å². The number of nitrogens with two attached hydrogens (primary N) is 1. The second-order valence-electron chi connectivity index (χ2n) is 8.49. The van der Waals surface area contributed by atoms with Crippen LogP contribution in [-0.4, -0.2) is 38.9 Å². The number of ether oxygens (including phenoxy) is 1. The van der Waals surface area contributed by atoms with Gasteiger partial charge in [-0.05, 0) is 51.0 Å². The Labute approximate surface area is 176 Å². The Morgan fingerprint density at radius 3 is 2.47 bits per heavy atom. The molecule has 2 aliphatic rings. The second-order valence-corrected chi connectivity index (χ2v) is 10.3. The smallest absolute Gasteiger partial charge is 0.325 e. The first-order valence-electron chi connectivity index (χ1n) is 10.1. The Hall–Kier alpha value is -2.28. The number of benzene rings is 1. The van der Waals surface area contributed by atoms with Gasteiger partial charge in [0.1, 0.15) is 11.9 Å². The highest BCUT2D eigenvalue weighted by Crippen LogP contribution is 2.44. The molecule has 30 heavy (non-hydrogen) atoms. The number of aliphatic imine (C=N–C) groups is 1. The molecule has 1 aromatic carbocycles. The first-order chi connectivity index (χ1) is 14.1. The zero-order valence-electron chi connectivity index (χ0n) is 17.4. The molecule has 1 aliphatic carbocycles. The van der Waals surface area contributed by atoms with Gasteiger partial charge in [-0.15, -0.1) is 0 Å². The second kappa shape index (κ2) is 7.76. The molecular weight excluding hydrogens is 403 g/mol. The van der Waals surface area contributed by atoms with Crippen LogP contribution in [0.3, 0.4) is 0 Å². The lowest BCUT2D eigenvalue weighted by molar-refractivity contribution is 0.130. The SMILES string of the molecule is CC1(C)Oc2ncnc(N)c2N=C1c1ccc(C2CCC(OP(C)(=O)O)CC2)cc1. The molecule has 0 amide bonds. The van der Waals surface area contributed by atoms with Crippen molar-refractivity contribution in [1.29, 1.82) is 0 Å². The molecule has 4 rings (SSSR count). The van der Waals surface area contributed by atoms with Crippen molar-refractivity contribution in [2.75, 3.05) is 12.4 Å². The highest BCUT2D eigenvalue weighted by molar-refractivity contribution is 7.51. The zero-order valence-corrected chi connectivity index (χ0v) is 18.3. The average molecular weight is 430 g/mol. The van der Waals surface area contributed by atoms with Gasteiger partial charge in [0.25, 0.3) is 0 Å². The number of aromatic nitrogens is 2. The van der Waals surface area contributed by atoms with Crippen molar-refractivity contribution < 1.29 is 18.7 Å². The molecule has 0 radical (unpaired) electrons. The Balaban J connectivity index is 1.52. The molecule has 160 valence electrons. The maximum atomic E-state index is 11.5. The standard InChI is InChI=1S/C21H27N4O4P/c1-21(2)18(25-17-19(22)23-12-24-20(17)28-21)15-6-4-13(5-7-15)14-8-10-16(11-9-14)29-30(3,26)27/h4-7,12,14,16H,8-11H2,1-3H3,(H,26,27)(H2,22,23,24). The van der Waals surface area contributed by atoms with E-state index in [2.05, 4.69) is 34.2 Å². The van der Waals surface area contributed by atoms with Crippen molar-refractivity contribution in [2.24, 2.45) is 4.99 Å². The third-order valence-corrected chi connectivity index (χ3v) is 6.33. The summed E-state index contributed by atoms with van der Waals surface area (Å²) in [4.78, 5) is 22.3. The summed E-state index contributed by atoms with van der Waals surface area (Å²) in [6.45, 7) is 5.15. The molecule has 0 bridgehead atoms. The van der Waals surface area contributed by atoms with Crippen molar-refractivity contribution >= 4 is 24.8 Å². The van der Waals surface area contributed by atoms with Gasteiger partial charge in [0.15, 0.2) is 11.5 Å². The monoisotopic (exact) mass is 430 g/mol. The lowest BCUT2D eigenvalue weighted by atomic mass is 9.82. The van der Waals surface area contributed by atoms with Crippen LogP contribution in [0.5, 0.6) is 5.88 Å². The van der Waals surface area contributed by atoms with E-state index in [1.165, 1.54) is 18.6 Å². The van der Waals surface area contributed by atoms with Crippen LogP contribution in [0.4, 0.5) is 11.5 Å². The Morgan fingerprint density at radius 2 is 1.83 bits per heavy atom. The molecule has 1 aromatic heterocycles. The largest absolute Gasteiger partial charge is 0.463 e. The van der Waals surface area contributed by atoms with Crippen molar-refractivity contribution in [3.8, 4) is 5.88 Å². The minimum atomic E-state index is -3.43. The average Bonchev–Trinajstić information content (AvgIpc) is 2.67. The highest BCUT2D eigenvalue weighted by atomic mass is 31.2. The van der Waals surface area contributed by atoms with Crippen LogP contribution in [0.25, 0.3) is 0 Å². The van der Waals surface area contributed by atoms with E-state index >= 15 is 0 Å². The molecule has 2 heterocycles. The van der Waals surface area contributed by atoms with Crippen LogP contribution in [0.15, 0.2) is 35.6 Å². The number of hydrogen-bond donors (Lipinski definition) is 2. The van der Waals surface area contributed by atoms with Gasteiger partial charge in [0.05, 0.1) is 11.8 Å². The molecule has 1 aliphatic heterocycles. The predicted octanol–water partition coefficient (Wildman–Crippen LogP) is 4.21. The molecular formula is C21H27N4O4P. The van der Waals surface area contributed by atoms with E-state index in [4.69, 9.17) is 20.0 Å². The molecule has 1 unspecified atom stereocenters. The summed E-state index contributed by atoms with van der Waals surface area (Å²) >= 11 is 0. The lowest BCUT2D eigenvalue weighted by Gasteiger charge is -2.32. The summed E-state index contributed by atoms with van der Waals surface area (Å²) in [6.07, 6.45) is 4.67. The molecule has 1 fully saturated rings. The molecule has 1 atom stereocenters. The van der Waals surface area contributed by atoms with Gasteiger partial charge in [0, 0.05) is 12.2 Å². The Morgan fingerprint density at radius 1 is 1.17 bits per heavy atom. The van der Waals surface area contributed by atoms with Crippen molar-refractivity contribution in [2.45, 2.75) is 57.2 Å². The fraction of sp³-hybridized carbons (Fsp3) is 0.476. The van der Waals surface area contributed by atoms with Crippen LogP contribution in [0.1, 0.15) is 56.6 Å².